The van der Waals surface area contributed by atoms with Gasteiger partial charge in [0.15, 0.2) is 0 Å². The monoisotopic (exact) mass is 367 g/mol. The molecule has 1 aliphatic heterocycles. The van der Waals surface area contributed by atoms with Gasteiger partial charge in [0.05, 0.1) is 25.4 Å². The molecule has 1 amide bonds. The van der Waals surface area contributed by atoms with E-state index >= 15 is 0 Å². The van der Waals surface area contributed by atoms with Gasteiger partial charge in [0, 0.05) is 11.4 Å². The molecule has 2 aromatic rings. The Morgan fingerprint density at radius 2 is 1.67 bits per heavy atom. The van der Waals surface area contributed by atoms with Crippen LogP contribution in [0.3, 0.4) is 0 Å². The van der Waals surface area contributed by atoms with Crippen LogP contribution in [0.5, 0.6) is 5.75 Å². The highest BCUT2D eigenvalue weighted by molar-refractivity contribution is 6.23. The van der Waals surface area contributed by atoms with Crippen molar-refractivity contribution in [3.05, 3.63) is 76.8 Å². The quantitative estimate of drug-likeness (QED) is 0.611. The molecule has 0 aromatic heterocycles. The molecule has 0 spiro atoms. The van der Waals surface area contributed by atoms with Crippen LogP contribution in [0.25, 0.3) is 6.08 Å². The summed E-state index contributed by atoms with van der Waals surface area (Å²) in [7, 11) is 2.82. The Morgan fingerprint density at radius 1 is 1.04 bits per heavy atom. The van der Waals surface area contributed by atoms with Crippen molar-refractivity contribution in [2.24, 2.45) is 0 Å². The Bertz CT molecular complexity index is 943. The van der Waals surface area contributed by atoms with Crippen molar-refractivity contribution in [2.75, 3.05) is 19.1 Å². The van der Waals surface area contributed by atoms with E-state index in [1.807, 2.05) is 0 Å². The summed E-state index contributed by atoms with van der Waals surface area (Å²) in [5.41, 5.74) is 2.04. The molecule has 0 bridgehead atoms. The fraction of sp³-hybridized carbons (Fsp3) is 0.143. The van der Waals surface area contributed by atoms with Crippen LogP contribution >= 0.6 is 0 Å². The molecule has 0 atom stereocenters. The highest BCUT2D eigenvalue weighted by Gasteiger charge is 2.37. The number of esters is 1. The molecule has 0 radical (unpaired) electrons. The molecule has 6 heteroatoms. The van der Waals surface area contributed by atoms with Crippen molar-refractivity contribution in [1.29, 1.82) is 0 Å². The average Bonchev–Trinajstić information content (AvgIpc) is 2.93. The Kier molecular flexibility index (Phi) is 5.07. The van der Waals surface area contributed by atoms with Crippen molar-refractivity contribution >= 4 is 23.6 Å². The van der Waals surface area contributed by atoms with Gasteiger partial charge in [-0.15, -0.1) is 0 Å². The maximum absolute atomic E-state index is 13.2. The number of amides is 1. The molecule has 0 aliphatic carbocycles. The number of anilines is 1. The molecule has 0 saturated carbocycles. The van der Waals surface area contributed by atoms with Crippen molar-refractivity contribution in [3.8, 4) is 5.75 Å². The number of carbonyl (C=O) groups excluding carboxylic acids is 2. The van der Waals surface area contributed by atoms with Crippen LogP contribution in [0.2, 0.25) is 0 Å². The molecule has 5 nitrogen and oxygen atoms in total. The summed E-state index contributed by atoms with van der Waals surface area (Å²) in [6.45, 7) is 1.68. The van der Waals surface area contributed by atoms with E-state index < -0.39 is 5.97 Å². The number of benzene rings is 2. The van der Waals surface area contributed by atoms with Crippen LogP contribution in [-0.2, 0) is 14.3 Å². The number of allylic oxidation sites excluding steroid dienone is 1. The Hall–Kier alpha value is -3.41. The molecule has 0 N–H and O–H groups in total. The van der Waals surface area contributed by atoms with Gasteiger partial charge in [0.1, 0.15) is 11.6 Å². The predicted octanol–water partition coefficient (Wildman–Crippen LogP) is 3.71. The van der Waals surface area contributed by atoms with Gasteiger partial charge in [0.25, 0.3) is 5.91 Å². The highest BCUT2D eigenvalue weighted by Crippen LogP contribution is 2.36. The number of ether oxygens (including phenoxy) is 2. The second kappa shape index (κ2) is 7.45. The molecule has 3 rings (SSSR count). The molecule has 1 aliphatic rings. The van der Waals surface area contributed by atoms with Crippen LogP contribution < -0.4 is 9.64 Å². The molecule has 27 heavy (non-hydrogen) atoms. The van der Waals surface area contributed by atoms with Gasteiger partial charge in [-0.1, -0.05) is 12.1 Å². The van der Waals surface area contributed by atoms with E-state index in [0.29, 0.717) is 22.7 Å². The van der Waals surface area contributed by atoms with Crippen LogP contribution in [0.1, 0.15) is 12.5 Å². The van der Waals surface area contributed by atoms with E-state index in [9.17, 15) is 14.0 Å². The number of rotatable bonds is 4. The maximum atomic E-state index is 13.2. The SMILES string of the molecule is COC(=O)C1=C(C)N(c2ccc(OC)cc2)C(=O)/C1=C\c1ccc(F)cc1. The first-order valence-electron chi connectivity index (χ1n) is 8.21. The largest absolute Gasteiger partial charge is 0.497 e. The van der Waals surface area contributed by atoms with E-state index in [4.69, 9.17) is 9.47 Å². The smallest absolute Gasteiger partial charge is 0.340 e. The number of carbonyl (C=O) groups is 2. The number of hydrogen-bond acceptors (Lipinski definition) is 4. The molecule has 2 aromatic carbocycles. The second-order valence-corrected chi connectivity index (χ2v) is 5.90. The van der Waals surface area contributed by atoms with Crippen LogP contribution in [-0.4, -0.2) is 26.1 Å². The van der Waals surface area contributed by atoms with E-state index in [1.54, 1.807) is 44.4 Å². The number of halogens is 1. The zero-order valence-corrected chi connectivity index (χ0v) is 15.2. The third-order valence-corrected chi connectivity index (χ3v) is 4.30. The highest BCUT2D eigenvalue weighted by atomic mass is 19.1. The maximum Gasteiger partial charge on any atom is 0.340 e. The van der Waals surface area contributed by atoms with Gasteiger partial charge >= 0.3 is 5.97 Å². The lowest BCUT2D eigenvalue weighted by Crippen LogP contribution is -2.24. The summed E-state index contributed by atoms with van der Waals surface area (Å²) < 4.78 is 23.2. The zero-order chi connectivity index (χ0) is 19.6. The first kappa shape index (κ1) is 18.4. The third kappa shape index (κ3) is 3.46. The summed E-state index contributed by atoms with van der Waals surface area (Å²) in [5.74, 6) is -0.690. The first-order chi connectivity index (χ1) is 13.0. The fourth-order valence-corrected chi connectivity index (χ4v) is 2.95. The molecular formula is C21H18FNO4. The molecule has 0 unspecified atom stereocenters. The standard InChI is InChI=1S/C21H18FNO4/c1-13-19(21(25)27-3)18(12-14-4-6-15(22)7-5-14)20(24)23(13)16-8-10-17(26-2)11-9-16/h4-12H,1-3H3/b18-12-. The normalized spacial score (nSPS) is 15.5. The molecule has 0 fully saturated rings. The minimum Gasteiger partial charge on any atom is -0.497 e. The summed E-state index contributed by atoms with van der Waals surface area (Å²) >= 11 is 0. The summed E-state index contributed by atoms with van der Waals surface area (Å²) in [6.07, 6.45) is 1.56. The number of nitrogens with zero attached hydrogens (tertiary/aromatic N) is 1. The van der Waals surface area contributed by atoms with Gasteiger partial charge in [-0.2, -0.15) is 0 Å². The Balaban J connectivity index is 2.09. The van der Waals surface area contributed by atoms with Gasteiger partial charge < -0.3 is 9.47 Å². The van der Waals surface area contributed by atoms with Crippen LogP contribution in [0, 0.1) is 5.82 Å². The lowest BCUT2D eigenvalue weighted by Gasteiger charge is -2.18. The Morgan fingerprint density at radius 3 is 2.22 bits per heavy atom. The van der Waals surface area contributed by atoms with Gasteiger partial charge in [0.2, 0.25) is 0 Å². The molecular weight excluding hydrogens is 349 g/mol. The number of hydrogen-bond donors (Lipinski definition) is 0. The minimum atomic E-state index is -0.606. The molecule has 0 saturated heterocycles. The van der Waals surface area contributed by atoms with E-state index in [2.05, 4.69) is 0 Å². The van der Waals surface area contributed by atoms with E-state index in [-0.39, 0.29) is 22.9 Å². The average molecular weight is 367 g/mol. The van der Waals surface area contributed by atoms with Crippen molar-refractivity contribution in [3.63, 3.8) is 0 Å². The van der Waals surface area contributed by atoms with E-state index in [0.717, 1.165) is 0 Å². The van der Waals surface area contributed by atoms with Crippen LogP contribution in [0.15, 0.2) is 65.4 Å². The summed E-state index contributed by atoms with van der Waals surface area (Å²) in [5, 5.41) is 0. The minimum absolute atomic E-state index is 0.183. The zero-order valence-electron chi connectivity index (χ0n) is 15.2. The first-order valence-corrected chi connectivity index (χ1v) is 8.21. The summed E-state index contributed by atoms with van der Waals surface area (Å²) in [4.78, 5) is 26.8. The molecule has 1 heterocycles. The lowest BCUT2D eigenvalue weighted by atomic mass is 10.0. The van der Waals surface area contributed by atoms with Gasteiger partial charge in [-0.25, -0.2) is 9.18 Å². The Labute approximate surface area is 156 Å². The summed E-state index contributed by atoms with van der Waals surface area (Å²) in [6, 6.07) is 12.6. The van der Waals surface area contributed by atoms with Gasteiger partial charge in [-0.05, 0) is 55.0 Å². The fourth-order valence-electron chi connectivity index (χ4n) is 2.95. The van der Waals surface area contributed by atoms with Crippen molar-refractivity contribution in [2.45, 2.75) is 6.92 Å². The second-order valence-electron chi connectivity index (χ2n) is 5.90. The lowest BCUT2D eigenvalue weighted by molar-refractivity contribution is -0.136. The topological polar surface area (TPSA) is 55.8 Å². The van der Waals surface area contributed by atoms with Crippen molar-refractivity contribution in [1.82, 2.24) is 0 Å². The predicted molar refractivity (Wildman–Crippen MR) is 99.6 cm³/mol. The molecule has 138 valence electrons. The van der Waals surface area contributed by atoms with Crippen LogP contribution in [0.4, 0.5) is 10.1 Å². The van der Waals surface area contributed by atoms with E-state index in [1.165, 1.54) is 36.3 Å². The third-order valence-electron chi connectivity index (χ3n) is 4.30. The van der Waals surface area contributed by atoms with Gasteiger partial charge in [-0.3, -0.25) is 9.69 Å². The number of methoxy groups -OCH3 is 2. The van der Waals surface area contributed by atoms with Crippen molar-refractivity contribution < 1.29 is 23.5 Å².